The van der Waals surface area contributed by atoms with Gasteiger partial charge in [0.1, 0.15) is 0 Å². The molecule has 144 valence electrons. The number of aliphatic carboxylic acids is 1. The first kappa shape index (κ1) is 23.4. The van der Waals surface area contributed by atoms with Gasteiger partial charge in [-0.25, -0.2) is 4.79 Å². The second-order valence-electron chi connectivity index (χ2n) is 7.43. The quantitative estimate of drug-likeness (QED) is 0.280. The lowest BCUT2D eigenvalue weighted by atomic mass is 9.89. The van der Waals surface area contributed by atoms with Gasteiger partial charge in [-0.2, -0.15) is 0 Å². The lowest BCUT2D eigenvalue weighted by Crippen LogP contribution is -2.38. The van der Waals surface area contributed by atoms with E-state index in [2.05, 4.69) is 13.8 Å². The van der Waals surface area contributed by atoms with Gasteiger partial charge in [0, 0.05) is 0 Å². The molecule has 0 saturated carbocycles. The van der Waals surface area contributed by atoms with Crippen LogP contribution in [0.2, 0.25) is 0 Å². The first-order valence-electron chi connectivity index (χ1n) is 10.5. The molecule has 0 spiro atoms. The van der Waals surface area contributed by atoms with Crippen molar-refractivity contribution in [3.05, 3.63) is 0 Å². The van der Waals surface area contributed by atoms with Gasteiger partial charge in [0.15, 0.2) is 5.60 Å². The number of carboxylic acids is 1. The monoisotopic (exact) mass is 342 g/mol. The number of carboxylic acid groups (broad SMARTS) is 1. The molecule has 3 nitrogen and oxygen atoms in total. The topological polar surface area (TPSA) is 57.5 Å². The second kappa shape index (κ2) is 15.9. The molecular formula is C21H42O3. The Bertz CT molecular complexity index is 291. The minimum absolute atomic E-state index is 0.408. The van der Waals surface area contributed by atoms with Crippen LogP contribution in [0.5, 0.6) is 0 Å². The summed E-state index contributed by atoms with van der Waals surface area (Å²) in [5, 5.41) is 19.7. The van der Waals surface area contributed by atoms with Crippen LogP contribution in [0, 0.1) is 0 Å². The van der Waals surface area contributed by atoms with Crippen molar-refractivity contribution in [3.63, 3.8) is 0 Å². The van der Waals surface area contributed by atoms with E-state index >= 15 is 0 Å². The Balaban J connectivity index is 3.72. The Morgan fingerprint density at radius 1 is 0.625 bits per heavy atom. The lowest BCUT2D eigenvalue weighted by Gasteiger charge is -2.23. The Morgan fingerprint density at radius 3 is 1.21 bits per heavy atom. The van der Waals surface area contributed by atoms with Gasteiger partial charge in [-0.05, 0) is 25.7 Å². The summed E-state index contributed by atoms with van der Waals surface area (Å²) in [7, 11) is 0. The molecule has 0 radical (unpaired) electrons. The van der Waals surface area contributed by atoms with Crippen molar-refractivity contribution in [1.29, 1.82) is 0 Å². The number of unbranched alkanes of at least 4 members (excludes halogenated alkanes) is 13. The van der Waals surface area contributed by atoms with E-state index in [0.717, 1.165) is 32.1 Å². The fourth-order valence-electron chi connectivity index (χ4n) is 3.26. The normalized spacial score (nSPS) is 13.8. The third-order valence-electron chi connectivity index (χ3n) is 5.04. The van der Waals surface area contributed by atoms with E-state index in [1.807, 2.05) is 0 Å². The average molecular weight is 343 g/mol. The summed E-state index contributed by atoms with van der Waals surface area (Å²) in [5.41, 5.74) is -1.49. The van der Waals surface area contributed by atoms with Gasteiger partial charge in [-0.1, -0.05) is 97.3 Å². The minimum atomic E-state index is -1.49. The van der Waals surface area contributed by atoms with Gasteiger partial charge in [0.2, 0.25) is 0 Å². The van der Waals surface area contributed by atoms with Crippen molar-refractivity contribution in [2.24, 2.45) is 0 Å². The van der Waals surface area contributed by atoms with Crippen LogP contribution in [0.4, 0.5) is 0 Å². The first-order chi connectivity index (χ1) is 11.6. The molecule has 0 bridgehead atoms. The maximum atomic E-state index is 11.4. The molecule has 0 saturated heterocycles. The molecule has 0 aliphatic carbocycles. The van der Waals surface area contributed by atoms with Crippen molar-refractivity contribution in [1.82, 2.24) is 0 Å². The van der Waals surface area contributed by atoms with Crippen LogP contribution in [0.1, 0.15) is 123 Å². The fraction of sp³-hybridized carbons (Fsp3) is 0.952. The van der Waals surface area contributed by atoms with E-state index in [0.29, 0.717) is 12.8 Å². The molecule has 0 aromatic carbocycles. The van der Waals surface area contributed by atoms with E-state index in [1.165, 1.54) is 64.2 Å². The standard InChI is InChI=1S/C21H42O3/c1-3-5-7-9-11-12-13-15-17-19-21(24,20(22)23)18-16-14-10-8-6-4-2/h24H,3-19H2,1-2H3,(H,22,23). The highest BCUT2D eigenvalue weighted by Crippen LogP contribution is 2.24. The van der Waals surface area contributed by atoms with Crippen LogP contribution >= 0.6 is 0 Å². The van der Waals surface area contributed by atoms with Crippen molar-refractivity contribution in [2.45, 2.75) is 129 Å². The maximum absolute atomic E-state index is 11.4. The van der Waals surface area contributed by atoms with Crippen LogP contribution in [-0.2, 0) is 4.79 Å². The van der Waals surface area contributed by atoms with Crippen molar-refractivity contribution in [2.75, 3.05) is 0 Å². The molecule has 1 unspecified atom stereocenters. The van der Waals surface area contributed by atoms with Gasteiger partial charge in [0.25, 0.3) is 0 Å². The van der Waals surface area contributed by atoms with E-state index in [4.69, 9.17) is 0 Å². The molecule has 0 fully saturated rings. The maximum Gasteiger partial charge on any atom is 0.335 e. The van der Waals surface area contributed by atoms with E-state index in [9.17, 15) is 15.0 Å². The third-order valence-corrected chi connectivity index (χ3v) is 5.04. The van der Waals surface area contributed by atoms with Crippen LogP contribution in [0.15, 0.2) is 0 Å². The molecule has 3 heteroatoms. The van der Waals surface area contributed by atoms with E-state index in [-0.39, 0.29) is 0 Å². The van der Waals surface area contributed by atoms with Gasteiger partial charge in [-0.15, -0.1) is 0 Å². The lowest BCUT2D eigenvalue weighted by molar-refractivity contribution is -0.160. The zero-order valence-corrected chi connectivity index (χ0v) is 16.3. The van der Waals surface area contributed by atoms with Crippen LogP contribution in [0.3, 0.4) is 0 Å². The molecule has 0 aliphatic heterocycles. The molecule has 0 heterocycles. The summed E-state index contributed by atoms with van der Waals surface area (Å²) in [6, 6.07) is 0. The molecule has 0 aromatic heterocycles. The Labute approximate surface area is 150 Å². The number of carbonyl (C=O) groups is 1. The summed E-state index contributed by atoms with van der Waals surface area (Å²) >= 11 is 0. The number of aliphatic hydroxyl groups is 1. The van der Waals surface area contributed by atoms with Gasteiger partial charge in [0.05, 0.1) is 0 Å². The summed E-state index contributed by atoms with van der Waals surface area (Å²) in [5.74, 6) is -1.03. The Hall–Kier alpha value is -0.570. The molecule has 2 N–H and O–H groups in total. The summed E-state index contributed by atoms with van der Waals surface area (Å²) in [6.07, 6.45) is 18.4. The minimum Gasteiger partial charge on any atom is -0.479 e. The van der Waals surface area contributed by atoms with Gasteiger partial charge in [-0.3, -0.25) is 0 Å². The predicted molar refractivity (Wildman–Crippen MR) is 102 cm³/mol. The number of hydrogen-bond donors (Lipinski definition) is 2. The third kappa shape index (κ3) is 12.8. The zero-order valence-electron chi connectivity index (χ0n) is 16.3. The molecule has 0 aromatic rings. The highest BCUT2D eigenvalue weighted by Gasteiger charge is 2.34. The largest absolute Gasteiger partial charge is 0.479 e. The number of hydrogen-bond acceptors (Lipinski definition) is 2. The number of rotatable bonds is 18. The molecule has 0 rings (SSSR count). The Morgan fingerprint density at radius 2 is 0.917 bits per heavy atom. The van der Waals surface area contributed by atoms with Crippen LogP contribution < -0.4 is 0 Å². The second-order valence-corrected chi connectivity index (χ2v) is 7.43. The smallest absolute Gasteiger partial charge is 0.335 e. The highest BCUT2D eigenvalue weighted by molar-refractivity contribution is 5.76. The van der Waals surface area contributed by atoms with Crippen molar-refractivity contribution in [3.8, 4) is 0 Å². The fourth-order valence-corrected chi connectivity index (χ4v) is 3.26. The zero-order chi connectivity index (χ0) is 18.1. The summed E-state index contributed by atoms with van der Waals surface area (Å²) < 4.78 is 0. The van der Waals surface area contributed by atoms with E-state index in [1.54, 1.807) is 0 Å². The highest BCUT2D eigenvalue weighted by atomic mass is 16.4. The Kier molecular flexibility index (Phi) is 15.6. The summed E-state index contributed by atoms with van der Waals surface area (Å²) in [6.45, 7) is 4.42. The van der Waals surface area contributed by atoms with Gasteiger partial charge < -0.3 is 10.2 Å². The molecular weight excluding hydrogens is 300 g/mol. The predicted octanol–water partition coefficient (Wildman–Crippen LogP) is 6.47. The first-order valence-corrected chi connectivity index (χ1v) is 10.5. The van der Waals surface area contributed by atoms with Crippen LogP contribution in [0.25, 0.3) is 0 Å². The van der Waals surface area contributed by atoms with Crippen molar-refractivity contribution < 1.29 is 15.0 Å². The van der Waals surface area contributed by atoms with Crippen molar-refractivity contribution >= 4 is 5.97 Å². The van der Waals surface area contributed by atoms with Crippen LogP contribution in [-0.4, -0.2) is 21.8 Å². The molecule has 0 amide bonds. The molecule has 0 aliphatic rings. The molecule has 1 atom stereocenters. The van der Waals surface area contributed by atoms with Gasteiger partial charge >= 0.3 is 5.97 Å². The summed E-state index contributed by atoms with van der Waals surface area (Å²) in [4.78, 5) is 11.4. The molecule has 24 heavy (non-hydrogen) atoms. The van der Waals surface area contributed by atoms with E-state index < -0.39 is 11.6 Å². The average Bonchev–Trinajstić information content (AvgIpc) is 2.56. The SMILES string of the molecule is CCCCCCCCCCCC(O)(CCCCCCCC)C(=O)O.